The zero-order chi connectivity index (χ0) is 17.4. The van der Waals surface area contributed by atoms with E-state index in [0.29, 0.717) is 6.42 Å². The molecule has 1 aromatic heterocycles. The van der Waals surface area contributed by atoms with Crippen molar-refractivity contribution in [2.45, 2.75) is 24.3 Å². The lowest BCUT2D eigenvalue weighted by Gasteiger charge is -2.26. The molecule has 0 bridgehead atoms. The van der Waals surface area contributed by atoms with Crippen molar-refractivity contribution in [3.05, 3.63) is 42.7 Å². The monoisotopic (exact) mass is 369 g/mol. The number of rotatable bonds is 5. The lowest BCUT2D eigenvalue weighted by molar-refractivity contribution is 0.354. The van der Waals surface area contributed by atoms with Gasteiger partial charge in [-0.3, -0.25) is 0 Å². The fraction of sp³-hybridized carbons (Fsp3) is 0.400. The second kappa shape index (κ2) is 6.30. The van der Waals surface area contributed by atoms with E-state index in [2.05, 4.69) is 5.10 Å². The zero-order valence-corrected chi connectivity index (χ0v) is 14.9. The van der Waals surface area contributed by atoms with Crippen LogP contribution in [0, 0.1) is 0 Å². The largest absolute Gasteiger partial charge is 0.243 e. The predicted molar refractivity (Wildman–Crippen MR) is 90.2 cm³/mol. The Morgan fingerprint density at radius 2 is 2.00 bits per heavy atom. The molecule has 0 saturated carbocycles. The van der Waals surface area contributed by atoms with Crippen LogP contribution in [0.5, 0.6) is 0 Å². The predicted octanol–water partition coefficient (Wildman–Crippen LogP) is 1.07. The van der Waals surface area contributed by atoms with Crippen molar-refractivity contribution >= 4 is 19.9 Å². The average Bonchev–Trinajstić information content (AvgIpc) is 3.18. The number of hydrogen-bond donors (Lipinski definition) is 0. The first-order chi connectivity index (χ1) is 11.3. The third-order valence-corrected chi connectivity index (χ3v) is 7.93. The molecule has 1 atom stereocenters. The Labute approximate surface area is 141 Å². The van der Waals surface area contributed by atoms with Crippen LogP contribution >= 0.6 is 0 Å². The summed E-state index contributed by atoms with van der Waals surface area (Å²) in [4.78, 5) is 0.157. The van der Waals surface area contributed by atoms with Crippen molar-refractivity contribution in [3.63, 3.8) is 0 Å². The minimum atomic E-state index is -3.73. The van der Waals surface area contributed by atoms with Gasteiger partial charge in [-0.2, -0.15) is 9.40 Å². The van der Waals surface area contributed by atoms with E-state index >= 15 is 0 Å². The van der Waals surface area contributed by atoms with Crippen LogP contribution < -0.4 is 0 Å². The highest BCUT2D eigenvalue weighted by Gasteiger charge is 2.37. The molecule has 0 unspecified atom stereocenters. The molecule has 1 aliphatic heterocycles. The molecule has 0 aliphatic carbocycles. The minimum absolute atomic E-state index is 0.0436. The summed E-state index contributed by atoms with van der Waals surface area (Å²) in [6.07, 6.45) is 3.76. The van der Waals surface area contributed by atoms with Crippen LogP contribution in [0.25, 0.3) is 5.69 Å². The van der Waals surface area contributed by atoms with Gasteiger partial charge in [0.25, 0.3) is 0 Å². The van der Waals surface area contributed by atoms with Gasteiger partial charge in [-0.05, 0) is 36.8 Å². The molecular weight excluding hydrogens is 350 g/mol. The number of hydrogen-bond acceptors (Lipinski definition) is 5. The molecule has 130 valence electrons. The Morgan fingerprint density at radius 1 is 1.29 bits per heavy atom. The highest BCUT2D eigenvalue weighted by molar-refractivity contribution is 7.92. The van der Waals surface area contributed by atoms with Crippen LogP contribution in [0.2, 0.25) is 0 Å². The lowest BCUT2D eigenvalue weighted by atomic mass is 10.3. The molecule has 7 nitrogen and oxygen atoms in total. The van der Waals surface area contributed by atoms with Gasteiger partial charge in [-0.1, -0.05) is 6.92 Å². The summed E-state index contributed by atoms with van der Waals surface area (Å²) in [5, 5.41) is 4.10. The molecule has 1 fully saturated rings. The Balaban J connectivity index is 1.88. The quantitative estimate of drug-likeness (QED) is 0.786. The molecule has 0 radical (unpaired) electrons. The standard InChI is InChI=1S/C15H19N3O4S2/c1-2-18(14-8-11-23(19,20)12-14)24(21,22)15-6-4-13(5-7-15)17-10-3-9-16-17/h3-7,9-10,14H,2,8,11-12H2,1H3/t14-/m0/s1. The van der Waals surface area contributed by atoms with Gasteiger partial charge in [-0.15, -0.1) is 0 Å². The summed E-state index contributed by atoms with van der Waals surface area (Å²) < 4.78 is 52.0. The second-order valence-corrected chi connectivity index (χ2v) is 9.83. The Kier molecular flexibility index (Phi) is 4.50. The van der Waals surface area contributed by atoms with Gasteiger partial charge in [0.15, 0.2) is 9.84 Å². The van der Waals surface area contributed by atoms with Crippen LogP contribution in [0.4, 0.5) is 0 Å². The Bertz CT molecular complexity index is 904. The van der Waals surface area contributed by atoms with Crippen molar-refractivity contribution < 1.29 is 16.8 Å². The van der Waals surface area contributed by atoms with Crippen molar-refractivity contribution in [1.29, 1.82) is 0 Å². The van der Waals surface area contributed by atoms with Crippen molar-refractivity contribution in [2.24, 2.45) is 0 Å². The van der Waals surface area contributed by atoms with E-state index in [0.717, 1.165) is 5.69 Å². The zero-order valence-electron chi connectivity index (χ0n) is 13.2. The Hall–Kier alpha value is -1.71. The molecule has 1 aromatic carbocycles. The topological polar surface area (TPSA) is 89.3 Å². The smallest absolute Gasteiger partial charge is 0.241 e. The molecule has 3 rings (SSSR count). The van der Waals surface area contributed by atoms with Crippen molar-refractivity contribution in [1.82, 2.24) is 14.1 Å². The average molecular weight is 369 g/mol. The molecule has 0 spiro atoms. The van der Waals surface area contributed by atoms with Crippen molar-refractivity contribution in [3.8, 4) is 5.69 Å². The van der Waals surface area contributed by atoms with E-state index in [-0.39, 0.29) is 22.9 Å². The fourth-order valence-corrected chi connectivity index (χ4v) is 6.44. The minimum Gasteiger partial charge on any atom is -0.241 e. The molecule has 1 saturated heterocycles. The van der Waals surface area contributed by atoms with Crippen LogP contribution in [-0.2, 0) is 19.9 Å². The van der Waals surface area contributed by atoms with Gasteiger partial charge in [0.05, 0.1) is 22.1 Å². The molecule has 1 aliphatic rings. The number of aromatic nitrogens is 2. The molecular formula is C15H19N3O4S2. The molecule has 9 heteroatoms. The lowest BCUT2D eigenvalue weighted by Crippen LogP contribution is -2.40. The summed E-state index contributed by atoms with van der Waals surface area (Å²) in [6.45, 7) is 1.96. The highest BCUT2D eigenvalue weighted by Crippen LogP contribution is 2.25. The van der Waals surface area contributed by atoms with Gasteiger partial charge in [-0.25, -0.2) is 21.5 Å². The first-order valence-electron chi connectivity index (χ1n) is 7.66. The van der Waals surface area contributed by atoms with Crippen LogP contribution in [-0.4, -0.2) is 55.0 Å². The molecule has 2 aromatic rings. The summed E-state index contributed by atoms with van der Waals surface area (Å²) in [5.41, 5.74) is 0.755. The van der Waals surface area contributed by atoms with E-state index in [1.165, 1.54) is 16.4 Å². The van der Waals surface area contributed by atoms with Gasteiger partial charge >= 0.3 is 0 Å². The number of benzene rings is 1. The maximum Gasteiger partial charge on any atom is 0.243 e. The summed E-state index contributed by atoms with van der Waals surface area (Å²) in [6, 6.07) is 7.70. The first kappa shape index (κ1) is 17.1. The van der Waals surface area contributed by atoms with Crippen LogP contribution in [0.1, 0.15) is 13.3 Å². The van der Waals surface area contributed by atoms with E-state index in [9.17, 15) is 16.8 Å². The second-order valence-electron chi connectivity index (χ2n) is 5.71. The normalized spacial score (nSPS) is 20.5. The number of sulfone groups is 1. The SMILES string of the molecule is CCN([C@H]1CCS(=O)(=O)C1)S(=O)(=O)c1ccc(-n2cccn2)cc1. The van der Waals surface area contributed by atoms with E-state index in [1.807, 2.05) is 0 Å². The molecule has 0 amide bonds. The third kappa shape index (κ3) is 3.24. The molecule has 0 N–H and O–H groups in total. The van der Waals surface area contributed by atoms with Gasteiger partial charge in [0.2, 0.25) is 10.0 Å². The highest BCUT2D eigenvalue weighted by atomic mass is 32.2. The van der Waals surface area contributed by atoms with Gasteiger partial charge in [0.1, 0.15) is 0 Å². The van der Waals surface area contributed by atoms with Crippen LogP contribution in [0.15, 0.2) is 47.6 Å². The van der Waals surface area contributed by atoms with E-state index in [4.69, 9.17) is 0 Å². The fourth-order valence-electron chi connectivity index (χ4n) is 2.95. The maximum atomic E-state index is 12.9. The molecule has 24 heavy (non-hydrogen) atoms. The van der Waals surface area contributed by atoms with Crippen molar-refractivity contribution in [2.75, 3.05) is 18.1 Å². The van der Waals surface area contributed by atoms with E-state index in [1.54, 1.807) is 42.2 Å². The number of sulfonamides is 1. The summed E-state index contributed by atoms with van der Waals surface area (Å²) >= 11 is 0. The molecule has 2 heterocycles. The Morgan fingerprint density at radius 3 is 2.50 bits per heavy atom. The summed E-state index contributed by atoms with van der Waals surface area (Å²) in [7, 11) is -6.88. The van der Waals surface area contributed by atoms with Crippen LogP contribution in [0.3, 0.4) is 0 Å². The van der Waals surface area contributed by atoms with E-state index < -0.39 is 25.9 Å². The third-order valence-electron chi connectivity index (χ3n) is 4.14. The first-order valence-corrected chi connectivity index (χ1v) is 10.9. The summed E-state index contributed by atoms with van der Waals surface area (Å²) in [5.74, 6) is -0.0621. The van der Waals surface area contributed by atoms with Gasteiger partial charge in [0, 0.05) is 25.0 Å². The number of nitrogens with zero attached hydrogens (tertiary/aromatic N) is 3. The maximum absolute atomic E-state index is 12.9. The van der Waals surface area contributed by atoms with Gasteiger partial charge < -0.3 is 0 Å².